The van der Waals surface area contributed by atoms with Gasteiger partial charge in [0.2, 0.25) is 0 Å². The Hall–Kier alpha value is -2.41. The molecular formula is C18H25N5O2. The summed E-state index contributed by atoms with van der Waals surface area (Å²) < 4.78 is 1.76. The van der Waals surface area contributed by atoms with Crippen LogP contribution in [0.4, 0.5) is 10.5 Å². The Kier molecular flexibility index (Phi) is 5.03. The fraction of sp³-hybridized carbons (Fsp3) is 0.500. The number of carbonyl (C=O) groups excluding carboxylic acids is 1. The minimum Gasteiger partial charge on any atom is -0.388 e. The predicted octanol–water partition coefficient (Wildman–Crippen LogP) is 2.70. The van der Waals surface area contributed by atoms with Crippen LogP contribution in [0.25, 0.3) is 5.82 Å². The number of carbonyl (C=O) groups is 1. The molecule has 1 aliphatic rings. The molecule has 0 aliphatic heterocycles. The zero-order chi connectivity index (χ0) is 17.9. The maximum atomic E-state index is 12.0. The molecule has 3 N–H and O–H groups in total. The molecule has 1 saturated carbocycles. The second-order valence-corrected chi connectivity index (χ2v) is 6.84. The van der Waals surface area contributed by atoms with Crippen LogP contribution in [0.3, 0.4) is 0 Å². The summed E-state index contributed by atoms with van der Waals surface area (Å²) in [6.45, 7) is 4.18. The number of aromatic nitrogens is 3. The normalized spacial score (nSPS) is 16.4. The quantitative estimate of drug-likeness (QED) is 0.796. The number of hydrogen-bond donors (Lipinski definition) is 3. The van der Waals surface area contributed by atoms with E-state index in [2.05, 4.69) is 20.7 Å². The number of nitrogens with zero attached hydrogens (tertiary/aromatic N) is 3. The van der Waals surface area contributed by atoms with Gasteiger partial charge in [-0.2, -0.15) is 5.10 Å². The summed E-state index contributed by atoms with van der Waals surface area (Å²) in [5.41, 5.74) is 1.76. The van der Waals surface area contributed by atoms with Crippen molar-refractivity contribution >= 4 is 11.7 Å². The smallest absolute Gasteiger partial charge is 0.319 e. The number of rotatable bonds is 4. The third-order valence-corrected chi connectivity index (χ3v) is 4.59. The van der Waals surface area contributed by atoms with Crippen molar-refractivity contribution in [2.24, 2.45) is 0 Å². The molecule has 2 amide bonds. The van der Waals surface area contributed by atoms with Crippen molar-refractivity contribution in [1.29, 1.82) is 0 Å². The minimum atomic E-state index is -0.771. The number of aliphatic hydroxyl groups is 1. The van der Waals surface area contributed by atoms with Crippen LogP contribution in [0.1, 0.15) is 43.5 Å². The fourth-order valence-corrected chi connectivity index (χ4v) is 3.25. The first-order valence-corrected chi connectivity index (χ1v) is 8.72. The lowest BCUT2D eigenvalue weighted by molar-refractivity contribution is 0.00755. The van der Waals surface area contributed by atoms with Crippen molar-refractivity contribution in [3.05, 3.63) is 35.8 Å². The highest BCUT2D eigenvalue weighted by molar-refractivity contribution is 5.89. The predicted molar refractivity (Wildman–Crippen MR) is 95.9 cm³/mol. The minimum absolute atomic E-state index is 0.274. The van der Waals surface area contributed by atoms with Gasteiger partial charge in [0.25, 0.3) is 0 Å². The Morgan fingerprint density at radius 1 is 1.28 bits per heavy atom. The van der Waals surface area contributed by atoms with Crippen LogP contribution in [-0.4, -0.2) is 38.0 Å². The molecule has 3 rings (SSSR count). The summed E-state index contributed by atoms with van der Waals surface area (Å²) in [4.78, 5) is 16.4. The van der Waals surface area contributed by atoms with Crippen LogP contribution in [-0.2, 0) is 0 Å². The van der Waals surface area contributed by atoms with Gasteiger partial charge in [0.05, 0.1) is 23.2 Å². The molecule has 0 atom stereocenters. The van der Waals surface area contributed by atoms with E-state index in [0.717, 1.165) is 43.5 Å². The number of anilines is 1. The number of aryl methyl sites for hydroxylation is 2. The number of nitrogens with one attached hydrogen (secondary N) is 2. The lowest BCUT2D eigenvalue weighted by Crippen LogP contribution is -2.45. The molecule has 2 aromatic rings. The van der Waals surface area contributed by atoms with Gasteiger partial charge in [-0.15, -0.1) is 0 Å². The van der Waals surface area contributed by atoms with Crippen molar-refractivity contribution in [2.45, 2.75) is 51.6 Å². The zero-order valence-corrected chi connectivity index (χ0v) is 14.7. The first-order valence-electron chi connectivity index (χ1n) is 8.72. The van der Waals surface area contributed by atoms with E-state index in [-0.39, 0.29) is 12.6 Å². The van der Waals surface area contributed by atoms with Crippen molar-refractivity contribution in [2.75, 3.05) is 11.9 Å². The Labute approximate surface area is 147 Å². The van der Waals surface area contributed by atoms with Crippen LogP contribution >= 0.6 is 0 Å². The van der Waals surface area contributed by atoms with E-state index < -0.39 is 5.60 Å². The van der Waals surface area contributed by atoms with Crippen LogP contribution in [0, 0.1) is 13.8 Å². The molecule has 2 heterocycles. The summed E-state index contributed by atoms with van der Waals surface area (Å²) >= 11 is 0. The third kappa shape index (κ3) is 4.36. The van der Waals surface area contributed by atoms with Gasteiger partial charge in [-0.3, -0.25) is 0 Å². The van der Waals surface area contributed by atoms with Crippen LogP contribution in [0.5, 0.6) is 0 Å². The maximum Gasteiger partial charge on any atom is 0.319 e. The molecule has 0 unspecified atom stereocenters. The number of amides is 2. The molecule has 0 saturated heterocycles. The second kappa shape index (κ2) is 7.23. The second-order valence-electron chi connectivity index (χ2n) is 6.84. The molecular weight excluding hydrogens is 318 g/mol. The number of urea groups is 1. The van der Waals surface area contributed by atoms with Gasteiger partial charge in [0.15, 0.2) is 5.82 Å². The molecule has 0 bridgehead atoms. The van der Waals surface area contributed by atoms with Crippen molar-refractivity contribution in [3.8, 4) is 5.82 Å². The van der Waals surface area contributed by atoms with Crippen molar-refractivity contribution < 1.29 is 9.90 Å². The van der Waals surface area contributed by atoms with Gasteiger partial charge in [-0.1, -0.05) is 19.3 Å². The van der Waals surface area contributed by atoms with Gasteiger partial charge in [0, 0.05) is 12.2 Å². The molecule has 134 valence electrons. The van der Waals surface area contributed by atoms with Gasteiger partial charge >= 0.3 is 6.03 Å². The summed E-state index contributed by atoms with van der Waals surface area (Å²) in [6, 6.07) is 5.24. The first-order chi connectivity index (χ1) is 12.0. The van der Waals surface area contributed by atoms with Crippen molar-refractivity contribution in [3.63, 3.8) is 0 Å². The largest absolute Gasteiger partial charge is 0.388 e. The van der Waals surface area contributed by atoms with E-state index >= 15 is 0 Å². The number of pyridine rings is 1. The highest BCUT2D eigenvalue weighted by Crippen LogP contribution is 2.27. The average Bonchev–Trinajstić information content (AvgIpc) is 2.93. The molecule has 7 nitrogen and oxygen atoms in total. The summed E-state index contributed by atoms with van der Waals surface area (Å²) in [6.07, 6.45) is 6.26. The monoisotopic (exact) mass is 343 g/mol. The maximum absolute atomic E-state index is 12.0. The molecule has 7 heteroatoms. The van der Waals surface area contributed by atoms with E-state index in [1.165, 1.54) is 0 Å². The standard InChI is InChI=1S/C18H25N5O2/c1-13-10-14(2)23(22-13)16-7-6-15(11-19-16)21-17(24)20-12-18(25)8-4-3-5-9-18/h6-7,10-11,25H,3-5,8-9,12H2,1-2H3,(H2,20,21,24). The zero-order valence-electron chi connectivity index (χ0n) is 14.7. The van der Waals surface area contributed by atoms with Crippen LogP contribution in [0.15, 0.2) is 24.4 Å². The summed E-state index contributed by atoms with van der Waals surface area (Å²) in [7, 11) is 0. The lowest BCUT2D eigenvalue weighted by Gasteiger charge is -2.32. The Bertz CT molecular complexity index is 732. The molecule has 0 radical (unpaired) electrons. The molecule has 1 aliphatic carbocycles. The van der Waals surface area contributed by atoms with Crippen LogP contribution < -0.4 is 10.6 Å². The van der Waals surface area contributed by atoms with Crippen LogP contribution in [0.2, 0.25) is 0 Å². The Morgan fingerprint density at radius 2 is 2.04 bits per heavy atom. The summed E-state index contributed by atoms with van der Waals surface area (Å²) in [5, 5.41) is 20.3. The van der Waals surface area contributed by atoms with E-state index in [4.69, 9.17) is 0 Å². The molecule has 2 aromatic heterocycles. The lowest BCUT2D eigenvalue weighted by atomic mass is 9.85. The van der Waals surface area contributed by atoms with Gasteiger partial charge < -0.3 is 15.7 Å². The molecule has 25 heavy (non-hydrogen) atoms. The Morgan fingerprint density at radius 3 is 2.64 bits per heavy atom. The number of hydrogen-bond acceptors (Lipinski definition) is 4. The van der Waals surface area contributed by atoms with E-state index in [1.807, 2.05) is 26.0 Å². The SMILES string of the molecule is Cc1cc(C)n(-c2ccc(NC(=O)NCC3(O)CCCCC3)cn2)n1. The van der Waals surface area contributed by atoms with Gasteiger partial charge in [0.1, 0.15) is 0 Å². The molecule has 1 fully saturated rings. The highest BCUT2D eigenvalue weighted by Gasteiger charge is 2.29. The van der Waals surface area contributed by atoms with Gasteiger partial charge in [-0.05, 0) is 44.9 Å². The van der Waals surface area contributed by atoms with E-state index in [0.29, 0.717) is 11.5 Å². The molecule has 0 spiro atoms. The topological polar surface area (TPSA) is 92.1 Å². The van der Waals surface area contributed by atoms with Gasteiger partial charge in [-0.25, -0.2) is 14.5 Å². The fourth-order valence-electron chi connectivity index (χ4n) is 3.25. The Balaban J connectivity index is 1.56. The average molecular weight is 343 g/mol. The summed E-state index contributed by atoms with van der Waals surface area (Å²) in [5.74, 6) is 0.702. The first kappa shape index (κ1) is 17.4. The highest BCUT2D eigenvalue weighted by atomic mass is 16.3. The van der Waals surface area contributed by atoms with E-state index in [9.17, 15) is 9.90 Å². The van der Waals surface area contributed by atoms with Crippen molar-refractivity contribution in [1.82, 2.24) is 20.1 Å². The van der Waals surface area contributed by atoms with E-state index in [1.54, 1.807) is 16.9 Å². The third-order valence-electron chi connectivity index (χ3n) is 4.59. The molecule has 0 aromatic carbocycles.